The van der Waals surface area contributed by atoms with E-state index >= 15 is 0 Å². The number of non-ortho nitro benzene ring substituents is 1. The fourth-order valence-corrected chi connectivity index (χ4v) is 1.72. The topological polar surface area (TPSA) is 130 Å². The summed E-state index contributed by atoms with van der Waals surface area (Å²) in [5.41, 5.74) is -0.281. The number of nitrogens with zero attached hydrogens (tertiary/aromatic N) is 1. The minimum absolute atomic E-state index is 0.0200. The summed E-state index contributed by atoms with van der Waals surface area (Å²) in [7, 11) is 0. The zero-order valence-corrected chi connectivity index (χ0v) is 9.57. The number of aromatic hydroxyl groups is 1. The van der Waals surface area contributed by atoms with Crippen molar-refractivity contribution < 1.29 is 24.7 Å². The van der Waals surface area contributed by atoms with Gasteiger partial charge in [-0.2, -0.15) is 0 Å². The van der Waals surface area contributed by atoms with E-state index in [4.69, 9.17) is 5.11 Å². The van der Waals surface area contributed by atoms with E-state index in [1.807, 2.05) is 0 Å². The average molecular weight is 266 g/mol. The van der Waals surface area contributed by atoms with Crippen LogP contribution in [-0.2, 0) is 9.59 Å². The van der Waals surface area contributed by atoms with Crippen LogP contribution >= 0.6 is 0 Å². The lowest BCUT2D eigenvalue weighted by Crippen LogP contribution is -2.16. The van der Waals surface area contributed by atoms with E-state index in [1.54, 1.807) is 0 Å². The number of carboxylic acid groups (broad SMARTS) is 1. The van der Waals surface area contributed by atoms with Crippen LogP contribution in [-0.4, -0.2) is 27.0 Å². The number of carbonyl (C=O) groups is 2. The molecule has 1 aromatic rings. The fraction of sp³-hybridized carbons (Fsp3) is 0.273. The number of hydrogen-bond acceptors (Lipinski definition) is 5. The summed E-state index contributed by atoms with van der Waals surface area (Å²) < 4.78 is 0. The second-order valence-corrected chi connectivity index (χ2v) is 4.23. The predicted octanol–water partition coefficient (Wildman–Crippen LogP) is 0.960. The first-order valence-electron chi connectivity index (χ1n) is 5.41. The van der Waals surface area contributed by atoms with Crippen molar-refractivity contribution in [2.75, 3.05) is 5.32 Å². The molecule has 1 fully saturated rings. The minimum atomic E-state index is -1.03. The Kier molecular flexibility index (Phi) is 3.07. The summed E-state index contributed by atoms with van der Waals surface area (Å²) in [6.45, 7) is 0. The predicted molar refractivity (Wildman–Crippen MR) is 62.6 cm³/mol. The summed E-state index contributed by atoms with van der Waals surface area (Å²) >= 11 is 0. The van der Waals surface area contributed by atoms with Crippen molar-refractivity contribution in [1.29, 1.82) is 0 Å². The normalized spacial score (nSPS) is 20.6. The lowest BCUT2D eigenvalue weighted by atomic mass is 10.2. The van der Waals surface area contributed by atoms with Gasteiger partial charge in [-0.1, -0.05) is 0 Å². The van der Waals surface area contributed by atoms with E-state index in [-0.39, 0.29) is 17.8 Å². The van der Waals surface area contributed by atoms with Crippen molar-refractivity contribution in [1.82, 2.24) is 0 Å². The van der Waals surface area contributed by atoms with E-state index < -0.39 is 34.4 Å². The van der Waals surface area contributed by atoms with Gasteiger partial charge in [0.1, 0.15) is 5.75 Å². The molecular formula is C11H10N2O6. The van der Waals surface area contributed by atoms with Crippen LogP contribution in [0.3, 0.4) is 0 Å². The van der Waals surface area contributed by atoms with Gasteiger partial charge in [0.15, 0.2) is 0 Å². The molecule has 8 nitrogen and oxygen atoms in total. The van der Waals surface area contributed by atoms with Crippen molar-refractivity contribution >= 4 is 23.3 Å². The SMILES string of the molecule is O=C(O)[C@H]1C[C@H]1C(=O)Nc1ccc([N+](=O)[O-])cc1O. The third kappa shape index (κ3) is 2.62. The third-order valence-corrected chi connectivity index (χ3v) is 2.89. The monoisotopic (exact) mass is 266 g/mol. The van der Waals surface area contributed by atoms with E-state index in [2.05, 4.69) is 5.32 Å². The quantitative estimate of drug-likeness (QED) is 0.422. The largest absolute Gasteiger partial charge is 0.506 e. The highest BCUT2D eigenvalue weighted by atomic mass is 16.6. The molecule has 1 aromatic carbocycles. The van der Waals surface area contributed by atoms with Crippen LogP contribution in [0.25, 0.3) is 0 Å². The molecule has 1 aliphatic rings. The number of nitro benzene ring substituents is 1. The van der Waals surface area contributed by atoms with E-state index in [0.29, 0.717) is 0 Å². The maximum atomic E-state index is 11.6. The first-order chi connectivity index (χ1) is 8.90. The Bertz CT molecular complexity index is 570. The number of anilines is 1. The van der Waals surface area contributed by atoms with Crippen LogP contribution in [0.1, 0.15) is 6.42 Å². The van der Waals surface area contributed by atoms with Crippen LogP contribution in [0, 0.1) is 22.0 Å². The minimum Gasteiger partial charge on any atom is -0.506 e. The summed E-state index contributed by atoms with van der Waals surface area (Å²) in [4.78, 5) is 32.0. The number of rotatable bonds is 4. The molecule has 0 heterocycles. The summed E-state index contributed by atoms with van der Waals surface area (Å²) in [5.74, 6) is -3.30. The Morgan fingerprint density at radius 3 is 2.53 bits per heavy atom. The van der Waals surface area contributed by atoms with Gasteiger partial charge in [-0.3, -0.25) is 19.7 Å². The molecular weight excluding hydrogens is 256 g/mol. The van der Waals surface area contributed by atoms with Gasteiger partial charge in [-0.25, -0.2) is 0 Å². The lowest BCUT2D eigenvalue weighted by Gasteiger charge is -2.06. The van der Waals surface area contributed by atoms with Crippen LogP contribution in [0.4, 0.5) is 11.4 Å². The van der Waals surface area contributed by atoms with Crippen molar-refractivity contribution in [3.8, 4) is 5.75 Å². The molecule has 0 bridgehead atoms. The number of phenolic OH excluding ortho intramolecular Hbond substituents is 1. The van der Waals surface area contributed by atoms with E-state index in [1.165, 1.54) is 6.07 Å². The summed E-state index contributed by atoms with van der Waals surface area (Å²) in [6, 6.07) is 3.25. The van der Waals surface area contributed by atoms with Crippen molar-refractivity contribution in [2.45, 2.75) is 6.42 Å². The molecule has 0 aliphatic heterocycles. The lowest BCUT2D eigenvalue weighted by molar-refractivity contribution is -0.384. The van der Waals surface area contributed by atoms with Crippen LogP contribution in [0.5, 0.6) is 5.75 Å². The van der Waals surface area contributed by atoms with E-state index in [0.717, 1.165) is 12.1 Å². The molecule has 1 amide bonds. The number of phenols is 1. The highest BCUT2D eigenvalue weighted by Gasteiger charge is 2.48. The molecule has 8 heteroatoms. The van der Waals surface area contributed by atoms with Gasteiger partial charge in [0.05, 0.1) is 28.5 Å². The molecule has 2 rings (SSSR count). The molecule has 3 N–H and O–H groups in total. The first kappa shape index (κ1) is 12.8. The standard InChI is InChI=1S/C11H10N2O6/c14-9-3-5(13(18)19)1-2-8(9)12-10(15)6-4-7(6)11(16)17/h1-3,6-7,14H,4H2,(H,12,15)(H,16,17)/t6-,7+/m1/s1. The van der Waals surface area contributed by atoms with Crippen molar-refractivity contribution in [2.24, 2.45) is 11.8 Å². The third-order valence-electron chi connectivity index (χ3n) is 2.89. The summed E-state index contributed by atoms with van der Waals surface area (Å²) in [6.07, 6.45) is 0.259. The smallest absolute Gasteiger partial charge is 0.307 e. The van der Waals surface area contributed by atoms with Gasteiger partial charge >= 0.3 is 5.97 Å². The Morgan fingerprint density at radius 1 is 1.37 bits per heavy atom. The molecule has 100 valence electrons. The number of aliphatic carboxylic acids is 1. The molecule has 2 atom stereocenters. The molecule has 1 saturated carbocycles. The number of nitrogens with one attached hydrogen (secondary N) is 1. The maximum absolute atomic E-state index is 11.6. The molecule has 0 saturated heterocycles. The zero-order chi connectivity index (χ0) is 14.2. The second kappa shape index (κ2) is 4.56. The zero-order valence-electron chi connectivity index (χ0n) is 9.57. The average Bonchev–Trinajstić information content (AvgIpc) is 3.11. The Hall–Kier alpha value is -2.64. The van der Waals surface area contributed by atoms with Crippen molar-refractivity contribution in [3.05, 3.63) is 28.3 Å². The Labute approximate surface area is 106 Å². The number of amides is 1. The number of hydrogen-bond donors (Lipinski definition) is 3. The number of nitro groups is 1. The number of carboxylic acids is 1. The molecule has 0 unspecified atom stereocenters. The highest BCUT2D eigenvalue weighted by molar-refractivity contribution is 5.99. The molecule has 0 spiro atoms. The molecule has 1 aliphatic carbocycles. The van der Waals surface area contributed by atoms with Gasteiger partial charge in [0.25, 0.3) is 5.69 Å². The maximum Gasteiger partial charge on any atom is 0.307 e. The van der Waals surface area contributed by atoms with Crippen LogP contribution in [0.15, 0.2) is 18.2 Å². The number of benzene rings is 1. The van der Waals surface area contributed by atoms with E-state index in [9.17, 15) is 24.8 Å². The van der Waals surface area contributed by atoms with Gasteiger partial charge in [-0.15, -0.1) is 0 Å². The Morgan fingerprint density at radius 2 is 2.05 bits per heavy atom. The van der Waals surface area contributed by atoms with Crippen molar-refractivity contribution in [3.63, 3.8) is 0 Å². The van der Waals surface area contributed by atoms with Gasteiger partial charge < -0.3 is 15.5 Å². The summed E-state index contributed by atoms with van der Waals surface area (Å²) in [5, 5.41) is 31.0. The molecule has 19 heavy (non-hydrogen) atoms. The highest BCUT2D eigenvalue weighted by Crippen LogP contribution is 2.40. The molecule has 0 aromatic heterocycles. The molecule has 0 radical (unpaired) electrons. The van der Waals surface area contributed by atoms with Crippen LogP contribution < -0.4 is 5.32 Å². The van der Waals surface area contributed by atoms with Gasteiger partial charge in [0.2, 0.25) is 5.91 Å². The first-order valence-corrected chi connectivity index (χ1v) is 5.41. The van der Waals surface area contributed by atoms with Gasteiger partial charge in [-0.05, 0) is 12.5 Å². The number of carbonyl (C=O) groups excluding carboxylic acids is 1. The van der Waals surface area contributed by atoms with Crippen LogP contribution in [0.2, 0.25) is 0 Å². The second-order valence-electron chi connectivity index (χ2n) is 4.23. The van der Waals surface area contributed by atoms with Gasteiger partial charge in [0, 0.05) is 6.07 Å². The Balaban J connectivity index is 2.06. The fourth-order valence-electron chi connectivity index (χ4n) is 1.72.